The number of thiazole rings is 1. The molecule has 5 rings (SSSR count). The smallest absolute Gasteiger partial charge is 0.346 e. The maximum atomic E-state index is 12.9. The molecular weight excluding hydrogens is 488 g/mol. The summed E-state index contributed by atoms with van der Waals surface area (Å²) in [6.45, 7) is 3.76. The molecule has 1 N–H and O–H groups in total. The summed E-state index contributed by atoms with van der Waals surface area (Å²) >= 11 is 4.87. The molecule has 32 heavy (non-hydrogen) atoms. The molecule has 1 fully saturated rings. The van der Waals surface area contributed by atoms with Crippen LogP contribution in [-0.2, 0) is 6.54 Å². The minimum Gasteiger partial charge on any atom is -0.507 e. The van der Waals surface area contributed by atoms with Crippen LogP contribution in [0.15, 0.2) is 61.5 Å². The summed E-state index contributed by atoms with van der Waals surface area (Å²) in [5.74, 6) is 0.165. The van der Waals surface area contributed by atoms with Crippen molar-refractivity contribution < 1.29 is 9.52 Å². The highest BCUT2D eigenvalue weighted by atomic mass is 79.9. The van der Waals surface area contributed by atoms with Crippen LogP contribution in [0.25, 0.3) is 32.8 Å². The van der Waals surface area contributed by atoms with E-state index in [2.05, 4.69) is 32.7 Å². The van der Waals surface area contributed by atoms with Crippen molar-refractivity contribution in [3.8, 4) is 27.6 Å². The lowest BCUT2D eigenvalue weighted by Crippen LogP contribution is -2.36. The van der Waals surface area contributed by atoms with Gasteiger partial charge in [-0.2, -0.15) is 0 Å². The number of halogens is 1. The summed E-state index contributed by atoms with van der Waals surface area (Å²) < 4.78 is 6.79. The molecule has 4 aromatic rings. The van der Waals surface area contributed by atoms with E-state index in [0.717, 1.165) is 40.5 Å². The molecule has 1 saturated heterocycles. The zero-order chi connectivity index (χ0) is 22.2. The lowest BCUT2D eigenvalue weighted by molar-refractivity contribution is 0.151. The Morgan fingerprint density at radius 3 is 2.81 bits per heavy atom. The number of benzene rings is 2. The van der Waals surface area contributed by atoms with Gasteiger partial charge in [-0.1, -0.05) is 34.5 Å². The van der Waals surface area contributed by atoms with Crippen molar-refractivity contribution in [3.63, 3.8) is 0 Å². The summed E-state index contributed by atoms with van der Waals surface area (Å²) in [4.78, 5) is 20.0. The summed E-state index contributed by atoms with van der Waals surface area (Å²) in [5.41, 5.74) is 2.95. The molecular formula is C25H23BrN2O3S. The van der Waals surface area contributed by atoms with E-state index in [4.69, 9.17) is 4.42 Å². The number of aromatic nitrogens is 1. The largest absolute Gasteiger partial charge is 0.507 e. The topological polar surface area (TPSA) is 66.6 Å². The zero-order valence-electron chi connectivity index (χ0n) is 17.7. The SMILES string of the molecule is C[C@H]1CCCCN1Cc1c(O)ccc2cc(-c3nc(-c4ccc(Br)cc4)cs3)c(=O)oc12. The maximum Gasteiger partial charge on any atom is 0.346 e. The number of phenolic OH excluding ortho intramolecular Hbond substituents is 1. The molecule has 2 aromatic carbocycles. The first-order valence-electron chi connectivity index (χ1n) is 10.7. The predicted octanol–water partition coefficient (Wildman–Crippen LogP) is 6.43. The van der Waals surface area contributed by atoms with Crippen LogP contribution in [-0.4, -0.2) is 27.6 Å². The molecule has 5 nitrogen and oxygen atoms in total. The van der Waals surface area contributed by atoms with Crippen LogP contribution in [0.3, 0.4) is 0 Å². The molecule has 7 heteroatoms. The number of hydrogen-bond acceptors (Lipinski definition) is 6. The third-order valence-electron chi connectivity index (χ3n) is 6.16. The molecule has 0 radical (unpaired) electrons. The van der Waals surface area contributed by atoms with Crippen molar-refractivity contribution in [1.29, 1.82) is 0 Å². The number of phenols is 1. The fraction of sp³-hybridized carbons (Fsp3) is 0.280. The fourth-order valence-corrected chi connectivity index (χ4v) is 5.38. The van der Waals surface area contributed by atoms with E-state index < -0.39 is 5.63 Å². The molecule has 0 bridgehead atoms. The van der Waals surface area contributed by atoms with Crippen LogP contribution in [0.1, 0.15) is 31.7 Å². The Hall–Kier alpha value is -2.48. The van der Waals surface area contributed by atoms with E-state index in [0.29, 0.717) is 34.3 Å². The van der Waals surface area contributed by atoms with Gasteiger partial charge in [0.15, 0.2) is 0 Å². The number of nitrogens with zero attached hydrogens (tertiary/aromatic N) is 2. The number of fused-ring (bicyclic) bond motifs is 1. The Labute approximate surface area is 198 Å². The van der Waals surface area contributed by atoms with Crippen LogP contribution >= 0.6 is 27.3 Å². The normalized spacial score (nSPS) is 17.1. The summed E-state index contributed by atoms with van der Waals surface area (Å²) in [5, 5.41) is 13.9. The van der Waals surface area contributed by atoms with Gasteiger partial charge in [-0.15, -0.1) is 11.3 Å². The van der Waals surface area contributed by atoms with Crippen molar-refractivity contribution in [1.82, 2.24) is 9.88 Å². The monoisotopic (exact) mass is 510 g/mol. The lowest BCUT2D eigenvalue weighted by atomic mass is 10.0. The van der Waals surface area contributed by atoms with Crippen LogP contribution < -0.4 is 5.63 Å². The Morgan fingerprint density at radius 2 is 2.03 bits per heavy atom. The standard InChI is InChI=1S/C25H23BrN2O3S/c1-15-4-2-3-11-28(15)13-20-22(29)10-7-17-12-19(25(30)31-23(17)20)24-27-21(14-32-24)16-5-8-18(26)9-6-16/h5-10,12,14-15,29H,2-4,11,13H2,1H3/t15-/m0/s1. The number of hydrogen-bond donors (Lipinski definition) is 1. The van der Waals surface area contributed by atoms with E-state index in [1.807, 2.05) is 35.7 Å². The average Bonchev–Trinajstić information content (AvgIpc) is 3.27. The van der Waals surface area contributed by atoms with Gasteiger partial charge < -0.3 is 9.52 Å². The molecule has 164 valence electrons. The molecule has 3 heterocycles. The van der Waals surface area contributed by atoms with E-state index in [1.54, 1.807) is 12.1 Å². The van der Waals surface area contributed by atoms with E-state index in [9.17, 15) is 9.90 Å². The van der Waals surface area contributed by atoms with Gasteiger partial charge in [-0.25, -0.2) is 9.78 Å². The highest BCUT2D eigenvalue weighted by Crippen LogP contribution is 2.33. The third-order valence-corrected chi connectivity index (χ3v) is 7.56. The number of aromatic hydroxyl groups is 1. The highest BCUT2D eigenvalue weighted by Gasteiger charge is 2.22. The second-order valence-electron chi connectivity index (χ2n) is 8.29. The Balaban J connectivity index is 1.52. The minimum absolute atomic E-state index is 0.165. The molecule has 0 saturated carbocycles. The van der Waals surface area contributed by atoms with Gasteiger partial charge in [-0.05, 0) is 56.6 Å². The van der Waals surface area contributed by atoms with E-state index >= 15 is 0 Å². The van der Waals surface area contributed by atoms with Crippen molar-refractivity contribution in [3.05, 3.63) is 68.3 Å². The molecule has 0 unspecified atom stereocenters. The van der Waals surface area contributed by atoms with Crippen LogP contribution in [0.5, 0.6) is 5.75 Å². The van der Waals surface area contributed by atoms with Crippen molar-refractivity contribution in [2.75, 3.05) is 6.54 Å². The van der Waals surface area contributed by atoms with Crippen LogP contribution in [0, 0.1) is 0 Å². The minimum atomic E-state index is -0.437. The van der Waals surface area contributed by atoms with E-state index in [-0.39, 0.29) is 5.75 Å². The maximum absolute atomic E-state index is 12.9. The Morgan fingerprint density at radius 1 is 1.22 bits per heavy atom. The zero-order valence-corrected chi connectivity index (χ0v) is 20.1. The predicted molar refractivity (Wildman–Crippen MR) is 132 cm³/mol. The molecule has 1 aliphatic rings. The highest BCUT2D eigenvalue weighted by molar-refractivity contribution is 9.10. The average molecular weight is 511 g/mol. The lowest BCUT2D eigenvalue weighted by Gasteiger charge is -2.33. The second-order valence-corrected chi connectivity index (χ2v) is 10.1. The molecule has 2 aromatic heterocycles. The number of piperidine rings is 1. The first-order valence-corrected chi connectivity index (χ1v) is 12.4. The number of rotatable bonds is 4. The van der Waals surface area contributed by atoms with Gasteiger partial charge in [-0.3, -0.25) is 4.90 Å². The number of likely N-dealkylation sites (tertiary alicyclic amines) is 1. The molecule has 1 aliphatic heterocycles. The van der Waals surface area contributed by atoms with Crippen LogP contribution in [0.4, 0.5) is 0 Å². The molecule has 0 aliphatic carbocycles. The molecule has 0 amide bonds. The van der Waals surface area contributed by atoms with Crippen LogP contribution in [0.2, 0.25) is 0 Å². The van der Waals surface area contributed by atoms with Crippen molar-refractivity contribution in [2.45, 2.75) is 38.8 Å². The van der Waals surface area contributed by atoms with Gasteiger partial charge in [0, 0.05) is 33.4 Å². The van der Waals surface area contributed by atoms with Gasteiger partial charge >= 0.3 is 5.63 Å². The molecule has 0 spiro atoms. The summed E-state index contributed by atoms with van der Waals surface area (Å²) in [7, 11) is 0. The van der Waals surface area contributed by atoms with Gasteiger partial charge in [0.2, 0.25) is 0 Å². The van der Waals surface area contributed by atoms with Crippen molar-refractivity contribution in [2.24, 2.45) is 0 Å². The first kappa shape index (κ1) is 21.4. The Bertz CT molecular complexity index is 1330. The first-order chi connectivity index (χ1) is 15.5. The third kappa shape index (κ3) is 4.12. The van der Waals surface area contributed by atoms with Gasteiger partial charge in [0.05, 0.1) is 16.8 Å². The fourth-order valence-electron chi connectivity index (χ4n) is 4.28. The van der Waals surface area contributed by atoms with Crippen molar-refractivity contribution >= 4 is 38.2 Å². The second kappa shape index (κ2) is 8.81. The van der Waals surface area contributed by atoms with Gasteiger partial charge in [0.1, 0.15) is 16.3 Å². The molecule has 1 atom stereocenters. The Kier molecular flexibility index (Phi) is 5.88. The van der Waals surface area contributed by atoms with Gasteiger partial charge in [0.25, 0.3) is 0 Å². The van der Waals surface area contributed by atoms with E-state index in [1.165, 1.54) is 17.8 Å². The quantitative estimate of drug-likeness (QED) is 0.320. The summed E-state index contributed by atoms with van der Waals surface area (Å²) in [6, 6.07) is 13.7. The summed E-state index contributed by atoms with van der Waals surface area (Å²) in [6.07, 6.45) is 3.52.